The molecule has 1 aromatic heterocycles. The molecule has 0 unspecified atom stereocenters. The fraction of sp³-hybridized carbons (Fsp3) is 0.286. The smallest absolute Gasteiger partial charge is 0.211 e. The van der Waals surface area contributed by atoms with Crippen molar-refractivity contribution in [3.63, 3.8) is 0 Å². The van der Waals surface area contributed by atoms with Crippen LogP contribution < -0.4 is 0 Å². The summed E-state index contributed by atoms with van der Waals surface area (Å²) in [7, 11) is 0. The van der Waals surface area contributed by atoms with Crippen molar-refractivity contribution in [2.45, 2.75) is 27.3 Å². The molecule has 0 amide bonds. The maximum Gasteiger partial charge on any atom is 0.211 e. The van der Waals surface area contributed by atoms with E-state index in [9.17, 15) is 9.18 Å². The lowest BCUT2D eigenvalue weighted by molar-refractivity contribution is 0.102. The number of aryl methyl sites for hydroxylation is 3. The zero-order valence-corrected chi connectivity index (χ0v) is 10.7. The molecule has 0 aliphatic carbocycles. The number of aromatic nitrogens is 2. The minimum atomic E-state index is -0.299. The van der Waals surface area contributed by atoms with Crippen LogP contribution in [-0.4, -0.2) is 15.6 Å². The Hall–Kier alpha value is -1.97. The number of hydrogen-bond donors (Lipinski definition) is 0. The molecule has 94 valence electrons. The molecule has 1 heterocycles. The highest BCUT2D eigenvalue weighted by Crippen LogP contribution is 2.15. The van der Waals surface area contributed by atoms with E-state index in [1.54, 1.807) is 23.7 Å². The molecule has 0 spiro atoms. The Morgan fingerprint density at radius 2 is 2.06 bits per heavy atom. The molecule has 3 nitrogen and oxygen atoms in total. The van der Waals surface area contributed by atoms with Crippen molar-refractivity contribution >= 4 is 5.78 Å². The number of carbonyl (C=O) groups excluding carboxylic acids is 1. The predicted molar refractivity (Wildman–Crippen MR) is 67.2 cm³/mol. The highest BCUT2D eigenvalue weighted by molar-refractivity contribution is 6.08. The monoisotopic (exact) mass is 246 g/mol. The van der Waals surface area contributed by atoms with Crippen LogP contribution in [0.15, 0.2) is 24.3 Å². The molecule has 2 aromatic rings. The number of ketones is 1. The normalized spacial score (nSPS) is 10.7. The summed E-state index contributed by atoms with van der Waals surface area (Å²) in [5.41, 5.74) is 2.31. The molecular weight excluding hydrogens is 231 g/mol. The van der Waals surface area contributed by atoms with E-state index in [0.29, 0.717) is 23.4 Å². The van der Waals surface area contributed by atoms with Gasteiger partial charge in [0.05, 0.1) is 5.69 Å². The van der Waals surface area contributed by atoms with E-state index in [1.165, 1.54) is 12.1 Å². The third-order valence-corrected chi connectivity index (χ3v) is 2.85. The van der Waals surface area contributed by atoms with Gasteiger partial charge in [0.15, 0.2) is 0 Å². The van der Waals surface area contributed by atoms with E-state index in [1.807, 2.05) is 13.8 Å². The third-order valence-electron chi connectivity index (χ3n) is 2.85. The first-order valence-corrected chi connectivity index (χ1v) is 5.88. The lowest BCUT2D eigenvalue weighted by atomic mass is 10.1. The number of nitrogens with zero attached hydrogens (tertiary/aromatic N) is 2. The summed E-state index contributed by atoms with van der Waals surface area (Å²) in [6.45, 7) is 6.06. The van der Waals surface area contributed by atoms with Crippen LogP contribution in [0.5, 0.6) is 0 Å². The summed E-state index contributed by atoms with van der Waals surface area (Å²) in [4.78, 5) is 12.3. The molecule has 18 heavy (non-hydrogen) atoms. The number of halogens is 1. The predicted octanol–water partition coefficient (Wildman–Crippen LogP) is 2.89. The quantitative estimate of drug-likeness (QED) is 0.780. The van der Waals surface area contributed by atoms with Crippen molar-refractivity contribution in [3.8, 4) is 0 Å². The largest absolute Gasteiger partial charge is 0.287 e. The summed E-state index contributed by atoms with van der Waals surface area (Å²) in [5.74, 6) is -0.424. The summed E-state index contributed by atoms with van der Waals surface area (Å²) in [6, 6.07) is 6.15. The zero-order chi connectivity index (χ0) is 13.3. The van der Waals surface area contributed by atoms with E-state index in [4.69, 9.17) is 0 Å². The summed E-state index contributed by atoms with van der Waals surface area (Å²) < 4.78 is 14.8. The summed E-state index contributed by atoms with van der Waals surface area (Å²) in [5, 5.41) is 4.24. The van der Waals surface area contributed by atoms with Crippen LogP contribution in [0.4, 0.5) is 4.39 Å². The number of benzene rings is 1. The Bertz CT molecular complexity index is 602. The van der Waals surface area contributed by atoms with Crippen LogP contribution in [0.3, 0.4) is 0 Å². The first-order valence-electron chi connectivity index (χ1n) is 5.88. The van der Waals surface area contributed by atoms with Gasteiger partial charge in [-0.1, -0.05) is 0 Å². The average Bonchev–Trinajstić information content (AvgIpc) is 2.73. The second kappa shape index (κ2) is 4.72. The molecule has 0 saturated heterocycles. The lowest BCUT2D eigenvalue weighted by Gasteiger charge is -2.05. The molecule has 2 rings (SSSR count). The maximum absolute atomic E-state index is 13.2. The molecule has 0 aliphatic rings. The van der Waals surface area contributed by atoms with Gasteiger partial charge in [0.1, 0.15) is 11.5 Å². The molecule has 1 aromatic carbocycles. The van der Waals surface area contributed by atoms with Crippen LogP contribution in [-0.2, 0) is 6.54 Å². The van der Waals surface area contributed by atoms with Gasteiger partial charge >= 0.3 is 0 Å². The SMILES string of the molecule is CCn1nc(C)cc1C(=O)c1ccc(F)c(C)c1. The highest BCUT2D eigenvalue weighted by Gasteiger charge is 2.16. The fourth-order valence-corrected chi connectivity index (χ4v) is 1.90. The first-order chi connectivity index (χ1) is 8.52. The Kier molecular flexibility index (Phi) is 3.28. The highest BCUT2D eigenvalue weighted by atomic mass is 19.1. The van der Waals surface area contributed by atoms with Gasteiger partial charge in [-0.2, -0.15) is 5.10 Å². The van der Waals surface area contributed by atoms with E-state index >= 15 is 0 Å². The summed E-state index contributed by atoms with van der Waals surface area (Å²) >= 11 is 0. The molecule has 4 heteroatoms. The van der Waals surface area contributed by atoms with Gasteiger partial charge in [0.2, 0.25) is 5.78 Å². The van der Waals surface area contributed by atoms with E-state index in [2.05, 4.69) is 5.10 Å². The molecule has 0 fully saturated rings. The van der Waals surface area contributed by atoms with Crippen LogP contribution in [0.25, 0.3) is 0 Å². The fourth-order valence-electron chi connectivity index (χ4n) is 1.90. The molecule has 0 N–H and O–H groups in total. The Labute approximate surface area is 105 Å². The van der Waals surface area contributed by atoms with Crippen LogP contribution in [0.1, 0.15) is 34.2 Å². The van der Waals surface area contributed by atoms with Gasteiger partial charge in [0.25, 0.3) is 0 Å². The third kappa shape index (κ3) is 2.18. The van der Waals surface area contributed by atoms with Crippen molar-refractivity contribution in [1.82, 2.24) is 9.78 Å². The molecule has 0 atom stereocenters. The zero-order valence-electron chi connectivity index (χ0n) is 10.7. The van der Waals surface area contributed by atoms with E-state index in [-0.39, 0.29) is 11.6 Å². The standard InChI is InChI=1S/C14H15FN2O/c1-4-17-13(8-10(3)16-17)14(18)11-5-6-12(15)9(2)7-11/h5-8H,4H2,1-3H3. The number of rotatable bonds is 3. The van der Waals surface area contributed by atoms with E-state index in [0.717, 1.165) is 5.69 Å². The average molecular weight is 246 g/mol. The van der Waals surface area contributed by atoms with Gasteiger partial charge < -0.3 is 0 Å². The number of carbonyl (C=O) groups is 1. The molecule has 0 bridgehead atoms. The molecule has 0 radical (unpaired) electrons. The van der Waals surface area contributed by atoms with Crippen LogP contribution >= 0.6 is 0 Å². The molecule has 0 aliphatic heterocycles. The van der Waals surface area contributed by atoms with Crippen molar-refractivity contribution in [3.05, 3.63) is 52.6 Å². The van der Waals surface area contributed by atoms with E-state index < -0.39 is 0 Å². The van der Waals surface area contributed by atoms with Crippen molar-refractivity contribution in [1.29, 1.82) is 0 Å². The van der Waals surface area contributed by atoms with Crippen molar-refractivity contribution in [2.75, 3.05) is 0 Å². The minimum absolute atomic E-state index is 0.124. The Morgan fingerprint density at radius 3 is 2.67 bits per heavy atom. The molecular formula is C14H15FN2O. The van der Waals surface area contributed by atoms with Crippen molar-refractivity contribution in [2.24, 2.45) is 0 Å². The summed E-state index contributed by atoms with van der Waals surface area (Å²) in [6.07, 6.45) is 0. The van der Waals surface area contributed by atoms with Crippen LogP contribution in [0.2, 0.25) is 0 Å². The Balaban J connectivity index is 2.44. The minimum Gasteiger partial charge on any atom is -0.287 e. The first kappa shape index (κ1) is 12.5. The Morgan fingerprint density at radius 1 is 1.33 bits per heavy atom. The van der Waals surface area contributed by atoms with Gasteiger partial charge in [-0.3, -0.25) is 9.48 Å². The van der Waals surface area contributed by atoms with Crippen LogP contribution in [0, 0.1) is 19.7 Å². The number of hydrogen-bond acceptors (Lipinski definition) is 2. The maximum atomic E-state index is 13.2. The van der Waals surface area contributed by atoms with Gasteiger partial charge in [-0.25, -0.2) is 4.39 Å². The lowest BCUT2D eigenvalue weighted by Crippen LogP contribution is -2.10. The van der Waals surface area contributed by atoms with Crippen molar-refractivity contribution < 1.29 is 9.18 Å². The van der Waals surface area contributed by atoms with Gasteiger partial charge in [-0.15, -0.1) is 0 Å². The second-order valence-electron chi connectivity index (χ2n) is 4.28. The van der Waals surface area contributed by atoms with Gasteiger partial charge in [0, 0.05) is 12.1 Å². The topological polar surface area (TPSA) is 34.9 Å². The molecule has 0 saturated carbocycles. The van der Waals surface area contributed by atoms with Gasteiger partial charge in [-0.05, 0) is 50.6 Å². The second-order valence-corrected chi connectivity index (χ2v) is 4.28.